The Hall–Kier alpha value is -1.58. The lowest BCUT2D eigenvalue weighted by atomic mass is 10.1. The van der Waals surface area contributed by atoms with Gasteiger partial charge in [-0.1, -0.05) is 19.9 Å². The average Bonchev–Trinajstić information content (AvgIpc) is 2.37. The van der Waals surface area contributed by atoms with Crippen molar-refractivity contribution >= 4 is 5.96 Å². The maximum atomic E-state index is 4.57. The molecule has 0 aromatic carbocycles. The third-order valence-corrected chi connectivity index (χ3v) is 2.86. The third-order valence-electron chi connectivity index (χ3n) is 2.86. The number of aliphatic imine (C=N–C) groups is 1. The third kappa shape index (κ3) is 6.22. The zero-order valence-corrected chi connectivity index (χ0v) is 12.5. The molecule has 0 amide bonds. The quantitative estimate of drug-likeness (QED) is 0.612. The molecule has 0 bridgehead atoms. The molecule has 0 atom stereocenters. The first-order valence-electron chi connectivity index (χ1n) is 7.06. The van der Waals surface area contributed by atoms with Crippen molar-refractivity contribution < 1.29 is 0 Å². The Morgan fingerprint density at radius 3 is 2.79 bits per heavy atom. The van der Waals surface area contributed by atoms with E-state index in [4.69, 9.17) is 0 Å². The first-order chi connectivity index (χ1) is 9.13. The normalized spacial score (nSPS) is 11.7. The highest BCUT2D eigenvalue weighted by Crippen LogP contribution is 2.04. The first-order valence-corrected chi connectivity index (χ1v) is 7.06. The van der Waals surface area contributed by atoms with E-state index in [1.54, 1.807) is 0 Å². The number of hydrogen-bond acceptors (Lipinski definition) is 2. The minimum absolute atomic E-state index is 0.615. The average molecular weight is 262 g/mol. The van der Waals surface area contributed by atoms with Gasteiger partial charge in [0, 0.05) is 19.3 Å². The van der Waals surface area contributed by atoms with Crippen molar-refractivity contribution in [2.24, 2.45) is 10.9 Å². The van der Waals surface area contributed by atoms with Gasteiger partial charge in [-0.2, -0.15) is 0 Å². The van der Waals surface area contributed by atoms with Crippen LogP contribution in [0.3, 0.4) is 0 Å². The van der Waals surface area contributed by atoms with Gasteiger partial charge in [0.2, 0.25) is 0 Å². The molecule has 0 spiro atoms. The largest absolute Gasteiger partial charge is 0.357 e. The topological polar surface area (TPSA) is 49.3 Å². The van der Waals surface area contributed by atoms with Crippen LogP contribution in [0.5, 0.6) is 0 Å². The summed E-state index contributed by atoms with van der Waals surface area (Å²) in [4.78, 5) is 8.93. The van der Waals surface area contributed by atoms with Crippen LogP contribution in [0.4, 0.5) is 0 Å². The smallest absolute Gasteiger partial charge is 0.191 e. The standard InChI is InChI=1S/C15H26N4/c1-5-16-15(18-10-8-12(2)3)19-11-14-13(4)7-6-9-17-14/h6-7,9,12H,5,8,10-11H2,1-4H3,(H2,16,18,19). The van der Waals surface area contributed by atoms with Gasteiger partial charge in [0.1, 0.15) is 0 Å². The molecule has 19 heavy (non-hydrogen) atoms. The fourth-order valence-electron chi connectivity index (χ4n) is 1.66. The van der Waals surface area contributed by atoms with E-state index < -0.39 is 0 Å². The summed E-state index contributed by atoms with van der Waals surface area (Å²) in [5.74, 6) is 1.57. The molecule has 0 radical (unpaired) electrons. The predicted molar refractivity (Wildman–Crippen MR) is 81.2 cm³/mol. The lowest BCUT2D eigenvalue weighted by Crippen LogP contribution is -2.38. The number of hydrogen-bond donors (Lipinski definition) is 2. The summed E-state index contributed by atoms with van der Waals surface area (Å²) in [6.07, 6.45) is 2.96. The summed E-state index contributed by atoms with van der Waals surface area (Å²) in [5, 5.41) is 6.61. The van der Waals surface area contributed by atoms with Gasteiger partial charge in [-0.3, -0.25) is 4.98 Å². The van der Waals surface area contributed by atoms with Crippen molar-refractivity contribution in [1.82, 2.24) is 15.6 Å². The highest BCUT2D eigenvalue weighted by atomic mass is 15.2. The Balaban J connectivity index is 2.55. The SMILES string of the molecule is CCNC(=NCc1ncccc1C)NCCC(C)C. The highest BCUT2D eigenvalue weighted by Gasteiger charge is 2.01. The van der Waals surface area contributed by atoms with Gasteiger partial charge in [-0.25, -0.2) is 4.99 Å². The predicted octanol–water partition coefficient (Wildman–Crippen LogP) is 2.49. The molecule has 0 aliphatic carbocycles. The lowest BCUT2D eigenvalue weighted by Gasteiger charge is -2.12. The summed E-state index contributed by atoms with van der Waals surface area (Å²) in [6.45, 7) is 11.0. The van der Waals surface area contributed by atoms with E-state index >= 15 is 0 Å². The number of nitrogens with zero attached hydrogens (tertiary/aromatic N) is 2. The summed E-state index contributed by atoms with van der Waals surface area (Å²) in [7, 11) is 0. The number of aryl methyl sites for hydroxylation is 1. The second kappa shape index (κ2) is 8.51. The molecule has 2 N–H and O–H groups in total. The molecule has 0 fully saturated rings. The molecule has 106 valence electrons. The molecule has 1 aromatic rings. The molecule has 1 heterocycles. The second-order valence-corrected chi connectivity index (χ2v) is 5.07. The first kappa shape index (κ1) is 15.5. The van der Waals surface area contributed by atoms with Crippen LogP contribution in [0, 0.1) is 12.8 Å². The van der Waals surface area contributed by atoms with E-state index in [1.165, 1.54) is 5.56 Å². The van der Waals surface area contributed by atoms with Gasteiger partial charge < -0.3 is 10.6 Å². The van der Waals surface area contributed by atoms with Crippen molar-refractivity contribution in [2.75, 3.05) is 13.1 Å². The van der Waals surface area contributed by atoms with Gasteiger partial charge in [0.15, 0.2) is 5.96 Å². The molecule has 1 aromatic heterocycles. The van der Waals surface area contributed by atoms with Crippen molar-refractivity contribution in [3.05, 3.63) is 29.6 Å². The molecule has 4 nitrogen and oxygen atoms in total. The van der Waals surface area contributed by atoms with Crippen LogP contribution in [0.25, 0.3) is 0 Å². The lowest BCUT2D eigenvalue weighted by molar-refractivity contribution is 0.573. The Morgan fingerprint density at radius 1 is 1.37 bits per heavy atom. The van der Waals surface area contributed by atoms with Gasteiger partial charge in [-0.05, 0) is 37.8 Å². The zero-order valence-electron chi connectivity index (χ0n) is 12.5. The Bertz CT molecular complexity index is 399. The molecule has 0 saturated heterocycles. The van der Waals surface area contributed by atoms with E-state index in [0.717, 1.165) is 31.2 Å². The molecular weight excluding hydrogens is 236 g/mol. The Labute approximate surface area is 116 Å². The number of aromatic nitrogens is 1. The maximum Gasteiger partial charge on any atom is 0.191 e. The Morgan fingerprint density at radius 2 is 2.16 bits per heavy atom. The summed E-state index contributed by atoms with van der Waals surface area (Å²) >= 11 is 0. The van der Waals surface area contributed by atoms with Crippen LogP contribution in [-0.4, -0.2) is 24.0 Å². The van der Waals surface area contributed by atoms with Crippen LogP contribution in [0.15, 0.2) is 23.3 Å². The minimum Gasteiger partial charge on any atom is -0.357 e. The summed E-state index contributed by atoms with van der Waals surface area (Å²) in [6, 6.07) is 4.02. The fourth-order valence-corrected chi connectivity index (χ4v) is 1.66. The number of pyridine rings is 1. The molecule has 0 aliphatic heterocycles. The van der Waals surface area contributed by atoms with E-state index in [9.17, 15) is 0 Å². The summed E-state index contributed by atoms with van der Waals surface area (Å²) < 4.78 is 0. The molecule has 4 heteroatoms. The van der Waals surface area contributed by atoms with Gasteiger partial charge in [0.05, 0.1) is 12.2 Å². The van der Waals surface area contributed by atoms with Gasteiger partial charge >= 0.3 is 0 Å². The van der Waals surface area contributed by atoms with Crippen molar-refractivity contribution in [3.8, 4) is 0 Å². The van der Waals surface area contributed by atoms with E-state index in [2.05, 4.69) is 54.4 Å². The molecular formula is C15H26N4. The second-order valence-electron chi connectivity index (χ2n) is 5.07. The molecule has 1 rings (SSSR count). The van der Waals surface area contributed by atoms with E-state index in [-0.39, 0.29) is 0 Å². The van der Waals surface area contributed by atoms with Gasteiger partial charge in [-0.15, -0.1) is 0 Å². The van der Waals surface area contributed by atoms with Crippen LogP contribution in [-0.2, 0) is 6.54 Å². The number of nitrogens with one attached hydrogen (secondary N) is 2. The Kier molecular flexibility index (Phi) is 6.93. The molecule has 0 unspecified atom stereocenters. The molecule has 0 aliphatic rings. The van der Waals surface area contributed by atoms with Crippen molar-refractivity contribution in [1.29, 1.82) is 0 Å². The fraction of sp³-hybridized carbons (Fsp3) is 0.600. The van der Waals surface area contributed by atoms with E-state index in [1.807, 2.05) is 12.3 Å². The van der Waals surface area contributed by atoms with E-state index in [0.29, 0.717) is 12.5 Å². The van der Waals surface area contributed by atoms with Crippen LogP contribution < -0.4 is 10.6 Å². The van der Waals surface area contributed by atoms with Gasteiger partial charge in [0.25, 0.3) is 0 Å². The zero-order chi connectivity index (χ0) is 14.1. The minimum atomic E-state index is 0.615. The van der Waals surface area contributed by atoms with Crippen LogP contribution in [0.1, 0.15) is 38.4 Å². The van der Waals surface area contributed by atoms with Crippen molar-refractivity contribution in [2.45, 2.75) is 40.7 Å². The maximum absolute atomic E-state index is 4.57. The molecule has 0 saturated carbocycles. The van der Waals surface area contributed by atoms with Crippen molar-refractivity contribution in [3.63, 3.8) is 0 Å². The summed E-state index contributed by atoms with van der Waals surface area (Å²) in [5.41, 5.74) is 2.22. The number of rotatable bonds is 6. The number of guanidine groups is 1. The van der Waals surface area contributed by atoms with Crippen LogP contribution >= 0.6 is 0 Å². The highest BCUT2D eigenvalue weighted by molar-refractivity contribution is 5.79. The van der Waals surface area contributed by atoms with Crippen LogP contribution in [0.2, 0.25) is 0 Å². The monoisotopic (exact) mass is 262 g/mol.